The molecular weight excluding hydrogens is 537 g/mol. The second-order valence-corrected chi connectivity index (χ2v) is 16.0. The van der Waals surface area contributed by atoms with Crippen LogP contribution >= 0.6 is 25.3 Å². The van der Waals surface area contributed by atoms with Gasteiger partial charge >= 0.3 is 0 Å². The van der Waals surface area contributed by atoms with E-state index < -0.39 is 0 Å². The maximum Gasteiger partial charge on any atom is 0.0332 e. The van der Waals surface area contributed by atoms with Gasteiger partial charge in [0.25, 0.3) is 0 Å². The van der Waals surface area contributed by atoms with E-state index in [2.05, 4.69) is 96.3 Å². The van der Waals surface area contributed by atoms with Gasteiger partial charge in [-0.1, -0.05) is 0 Å². The maximum atomic E-state index is 4.92. The van der Waals surface area contributed by atoms with Crippen LogP contribution in [0, 0.1) is 0 Å². The molecule has 2 fully saturated rings. The minimum Gasteiger partial charge on any atom is -0.314 e. The first kappa shape index (κ1) is 36.6. The molecule has 2 heterocycles. The fourth-order valence-electron chi connectivity index (χ4n) is 5.61. The summed E-state index contributed by atoms with van der Waals surface area (Å²) in [5, 5.41) is 14.9. The molecule has 0 spiro atoms. The molecule has 2 aliphatic heterocycles. The highest BCUT2D eigenvalue weighted by molar-refractivity contribution is 7.82. The van der Waals surface area contributed by atoms with Gasteiger partial charge in [-0.2, -0.15) is 25.3 Å². The SMILES string of the molecule is CC(C)N1CCN(CCNCC(NCCNC(CNCCN2CCN(C(C)C)CC2)C(C)(C)S)C(C)(C)S)CC1. The third-order valence-corrected chi connectivity index (χ3v) is 9.42. The highest BCUT2D eigenvalue weighted by atomic mass is 32.1. The van der Waals surface area contributed by atoms with E-state index >= 15 is 0 Å². The van der Waals surface area contributed by atoms with Crippen LogP contribution in [-0.2, 0) is 0 Å². The van der Waals surface area contributed by atoms with E-state index in [1.165, 1.54) is 52.4 Å². The number of piperazine rings is 2. The number of nitrogens with zero attached hydrogens (tertiary/aromatic N) is 4. The van der Waals surface area contributed by atoms with Crippen molar-refractivity contribution in [3.05, 3.63) is 0 Å². The molecule has 8 nitrogen and oxygen atoms in total. The van der Waals surface area contributed by atoms with Crippen LogP contribution in [0.15, 0.2) is 0 Å². The van der Waals surface area contributed by atoms with Gasteiger partial charge in [-0.15, -0.1) is 0 Å². The predicted molar refractivity (Wildman–Crippen MR) is 182 cm³/mol. The summed E-state index contributed by atoms with van der Waals surface area (Å²) in [6, 6.07) is 1.91. The molecule has 0 aromatic carbocycles. The van der Waals surface area contributed by atoms with Gasteiger partial charge in [0.1, 0.15) is 0 Å². The van der Waals surface area contributed by atoms with E-state index in [1.54, 1.807) is 0 Å². The molecule has 0 bridgehead atoms. The molecule has 2 atom stereocenters. The van der Waals surface area contributed by atoms with Gasteiger partial charge in [-0.25, -0.2) is 0 Å². The van der Waals surface area contributed by atoms with Gasteiger partial charge < -0.3 is 21.3 Å². The molecule has 0 amide bonds. The van der Waals surface area contributed by atoms with E-state index in [0.717, 1.165) is 52.4 Å². The zero-order chi connectivity index (χ0) is 29.8. The molecule has 4 N–H and O–H groups in total. The van der Waals surface area contributed by atoms with Crippen LogP contribution in [-0.4, -0.2) is 158 Å². The van der Waals surface area contributed by atoms with Crippen molar-refractivity contribution in [1.29, 1.82) is 0 Å². The zero-order valence-corrected chi connectivity index (χ0v) is 29.1. The van der Waals surface area contributed by atoms with Gasteiger partial charge in [0.05, 0.1) is 0 Å². The van der Waals surface area contributed by atoms with Crippen molar-refractivity contribution in [2.75, 3.05) is 105 Å². The van der Waals surface area contributed by atoms with Crippen LogP contribution in [0.5, 0.6) is 0 Å². The fourth-order valence-corrected chi connectivity index (χ4v) is 5.98. The lowest BCUT2D eigenvalue weighted by molar-refractivity contribution is 0.109. The monoisotopic (exact) mass is 602 g/mol. The fraction of sp³-hybridized carbons (Fsp3) is 1.00. The summed E-state index contributed by atoms with van der Waals surface area (Å²) in [4.78, 5) is 10.3. The van der Waals surface area contributed by atoms with Crippen molar-refractivity contribution in [2.24, 2.45) is 0 Å². The molecule has 0 aliphatic carbocycles. The number of thiol groups is 2. The first-order valence-electron chi connectivity index (χ1n) is 16.0. The Labute approximate surface area is 259 Å². The topological polar surface area (TPSA) is 61.1 Å². The molecule has 2 unspecified atom stereocenters. The predicted octanol–water partition coefficient (Wildman–Crippen LogP) is 1.55. The molecule has 40 heavy (non-hydrogen) atoms. The van der Waals surface area contributed by atoms with Crippen LogP contribution < -0.4 is 21.3 Å². The lowest BCUT2D eigenvalue weighted by atomic mass is 10.0. The van der Waals surface area contributed by atoms with Crippen LogP contribution in [0.25, 0.3) is 0 Å². The van der Waals surface area contributed by atoms with Gasteiger partial charge in [0.2, 0.25) is 0 Å². The maximum absolute atomic E-state index is 4.92. The smallest absolute Gasteiger partial charge is 0.0332 e. The van der Waals surface area contributed by atoms with Gasteiger partial charge in [-0.3, -0.25) is 19.6 Å². The average Bonchev–Trinajstić information content (AvgIpc) is 2.87. The number of hydrogen-bond acceptors (Lipinski definition) is 10. The van der Waals surface area contributed by atoms with E-state index in [-0.39, 0.29) is 9.49 Å². The summed E-state index contributed by atoms with van der Waals surface area (Å²) >= 11 is 9.84. The van der Waals surface area contributed by atoms with Crippen LogP contribution in [0.4, 0.5) is 0 Å². The molecule has 2 aliphatic rings. The van der Waals surface area contributed by atoms with Crippen molar-refractivity contribution in [1.82, 2.24) is 40.9 Å². The van der Waals surface area contributed by atoms with Crippen molar-refractivity contribution >= 4 is 25.3 Å². The zero-order valence-electron chi connectivity index (χ0n) is 27.3. The Bertz CT molecular complexity index is 595. The lowest BCUT2D eigenvalue weighted by Crippen LogP contribution is -2.55. The Balaban J connectivity index is 1.63. The normalized spacial score (nSPS) is 21.0. The van der Waals surface area contributed by atoms with Crippen LogP contribution in [0.3, 0.4) is 0 Å². The van der Waals surface area contributed by atoms with Crippen molar-refractivity contribution in [2.45, 2.75) is 89.1 Å². The highest BCUT2D eigenvalue weighted by Gasteiger charge is 2.27. The quantitative estimate of drug-likeness (QED) is 0.0985. The standard InChI is InChI=1S/C30H66N8S2/c1-25(2)37-19-15-35(16-20-37)13-11-31-23-27(29(5,6)39)33-9-10-34-28(30(7,8)40)24-32-12-14-36-17-21-38(22-18-36)26(3)4/h25-28,31-34,39-40H,9-24H2,1-8H3. The summed E-state index contributed by atoms with van der Waals surface area (Å²) in [6.07, 6.45) is 0. The van der Waals surface area contributed by atoms with Crippen LogP contribution in [0.2, 0.25) is 0 Å². The number of rotatable bonds is 19. The second-order valence-electron chi connectivity index (χ2n) is 13.7. The molecule has 238 valence electrons. The summed E-state index contributed by atoms with van der Waals surface area (Å²) in [6.45, 7) is 35.5. The molecule has 0 aromatic rings. The minimum absolute atomic E-state index is 0.0969. The number of nitrogens with one attached hydrogen (secondary N) is 4. The van der Waals surface area contributed by atoms with Crippen LogP contribution in [0.1, 0.15) is 55.4 Å². The van der Waals surface area contributed by atoms with Crippen molar-refractivity contribution in [3.8, 4) is 0 Å². The summed E-state index contributed by atoms with van der Waals surface area (Å²) in [5.41, 5.74) is 0. The Hall–Kier alpha value is 0.380. The summed E-state index contributed by atoms with van der Waals surface area (Å²) in [7, 11) is 0. The molecule has 0 aromatic heterocycles. The number of hydrogen-bond donors (Lipinski definition) is 6. The van der Waals surface area contributed by atoms with E-state index in [0.29, 0.717) is 24.2 Å². The molecular formula is C30H66N8S2. The first-order valence-corrected chi connectivity index (χ1v) is 16.9. The second kappa shape index (κ2) is 18.2. The molecule has 0 radical (unpaired) electrons. The highest BCUT2D eigenvalue weighted by Crippen LogP contribution is 2.18. The van der Waals surface area contributed by atoms with Gasteiger partial charge in [-0.05, 0) is 55.4 Å². The Morgan fingerprint density at radius 1 is 0.550 bits per heavy atom. The largest absolute Gasteiger partial charge is 0.314 e. The third-order valence-electron chi connectivity index (χ3n) is 8.79. The molecule has 2 rings (SSSR count). The Morgan fingerprint density at radius 3 is 1.15 bits per heavy atom. The van der Waals surface area contributed by atoms with Gasteiger partial charge in [0.15, 0.2) is 0 Å². The molecule has 0 saturated carbocycles. The molecule has 10 heteroatoms. The first-order chi connectivity index (χ1) is 18.8. The lowest BCUT2D eigenvalue weighted by Gasteiger charge is -2.37. The minimum atomic E-state index is -0.0969. The van der Waals surface area contributed by atoms with Crippen molar-refractivity contribution < 1.29 is 0 Å². The third kappa shape index (κ3) is 14.2. The average molecular weight is 603 g/mol. The van der Waals surface area contributed by atoms with E-state index in [9.17, 15) is 0 Å². The van der Waals surface area contributed by atoms with Gasteiger partial charge in [0, 0.05) is 138 Å². The Morgan fingerprint density at radius 2 is 0.875 bits per heavy atom. The summed E-state index contributed by atoms with van der Waals surface area (Å²) < 4.78 is -0.194. The molecule has 2 saturated heterocycles. The van der Waals surface area contributed by atoms with E-state index in [1.807, 2.05) is 0 Å². The Kier molecular flexibility index (Phi) is 16.7. The van der Waals surface area contributed by atoms with Crippen molar-refractivity contribution in [3.63, 3.8) is 0 Å². The summed E-state index contributed by atoms with van der Waals surface area (Å²) in [5.74, 6) is 0. The van der Waals surface area contributed by atoms with E-state index in [4.69, 9.17) is 25.3 Å².